The van der Waals surface area contributed by atoms with Crippen LogP contribution in [0.1, 0.15) is 45.1 Å². The van der Waals surface area contributed by atoms with E-state index in [0.29, 0.717) is 26.1 Å². The molecule has 26 heavy (non-hydrogen) atoms. The summed E-state index contributed by atoms with van der Waals surface area (Å²) in [6, 6.07) is 8.22. The number of amides is 2. The van der Waals surface area contributed by atoms with Crippen molar-refractivity contribution < 1.29 is 9.59 Å². The monoisotopic (exact) mass is 357 g/mol. The van der Waals surface area contributed by atoms with Gasteiger partial charge >= 0.3 is 0 Å². The van der Waals surface area contributed by atoms with Crippen molar-refractivity contribution in [2.24, 2.45) is 17.1 Å². The van der Waals surface area contributed by atoms with Crippen LogP contribution in [0, 0.1) is 11.3 Å². The Kier molecular flexibility index (Phi) is 5.66. The SMILES string of the molecule is CCCCc1ccc(N2CC(C(=O)N3CCC(C)(CN)C3)CC2=O)cc1. The lowest BCUT2D eigenvalue weighted by atomic mass is 9.90. The Morgan fingerprint density at radius 2 is 2.04 bits per heavy atom. The first-order valence-electron chi connectivity index (χ1n) is 9.84. The molecule has 0 radical (unpaired) electrons. The van der Waals surface area contributed by atoms with Crippen molar-refractivity contribution in [3.8, 4) is 0 Å². The molecule has 0 bridgehead atoms. The minimum absolute atomic E-state index is 0.0201. The summed E-state index contributed by atoms with van der Waals surface area (Å²) in [5.74, 6) is -0.0783. The fraction of sp³-hybridized carbons (Fsp3) is 0.619. The summed E-state index contributed by atoms with van der Waals surface area (Å²) in [6.07, 6.45) is 4.68. The van der Waals surface area contributed by atoms with Crippen LogP contribution in [-0.4, -0.2) is 42.9 Å². The number of aryl methyl sites for hydroxylation is 1. The van der Waals surface area contributed by atoms with E-state index in [1.807, 2.05) is 17.0 Å². The molecule has 2 unspecified atom stereocenters. The third-order valence-corrected chi connectivity index (χ3v) is 5.90. The van der Waals surface area contributed by atoms with Crippen LogP contribution in [0.2, 0.25) is 0 Å². The second-order valence-corrected chi connectivity index (χ2v) is 8.20. The third kappa shape index (κ3) is 3.93. The van der Waals surface area contributed by atoms with Gasteiger partial charge in [0, 0.05) is 31.7 Å². The highest BCUT2D eigenvalue weighted by Crippen LogP contribution is 2.32. The number of nitrogens with two attached hydrogens (primary N) is 1. The van der Waals surface area contributed by atoms with Crippen molar-refractivity contribution in [2.45, 2.75) is 46.0 Å². The summed E-state index contributed by atoms with van der Waals surface area (Å²) in [5, 5.41) is 0. The van der Waals surface area contributed by atoms with Gasteiger partial charge in [-0.3, -0.25) is 9.59 Å². The molecule has 2 amide bonds. The highest BCUT2D eigenvalue weighted by Gasteiger charge is 2.41. The van der Waals surface area contributed by atoms with Gasteiger partial charge in [0.2, 0.25) is 11.8 Å². The predicted octanol–water partition coefficient (Wildman–Crippen LogP) is 2.58. The topological polar surface area (TPSA) is 66.6 Å². The van der Waals surface area contributed by atoms with Gasteiger partial charge in [0.25, 0.3) is 0 Å². The lowest BCUT2D eigenvalue weighted by Crippen LogP contribution is -2.38. The number of hydrogen-bond acceptors (Lipinski definition) is 3. The van der Waals surface area contributed by atoms with Crippen LogP contribution >= 0.6 is 0 Å². The second-order valence-electron chi connectivity index (χ2n) is 8.20. The average Bonchev–Trinajstić information content (AvgIpc) is 3.24. The summed E-state index contributed by atoms with van der Waals surface area (Å²) >= 11 is 0. The Hall–Kier alpha value is -1.88. The third-order valence-electron chi connectivity index (χ3n) is 5.90. The molecular weight excluding hydrogens is 326 g/mol. The Labute approximate surface area is 156 Å². The van der Waals surface area contributed by atoms with Gasteiger partial charge in [-0.2, -0.15) is 0 Å². The maximum absolute atomic E-state index is 12.9. The van der Waals surface area contributed by atoms with Crippen LogP contribution in [0.3, 0.4) is 0 Å². The van der Waals surface area contributed by atoms with Gasteiger partial charge in [0.05, 0.1) is 5.92 Å². The molecule has 0 aromatic heterocycles. The van der Waals surface area contributed by atoms with Gasteiger partial charge in [-0.1, -0.05) is 32.4 Å². The fourth-order valence-corrected chi connectivity index (χ4v) is 3.98. The van der Waals surface area contributed by atoms with Crippen LogP contribution in [0.25, 0.3) is 0 Å². The molecule has 3 rings (SSSR count). The molecule has 142 valence electrons. The van der Waals surface area contributed by atoms with Crippen molar-refractivity contribution in [1.29, 1.82) is 0 Å². The summed E-state index contributed by atoms with van der Waals surface area (Å²) in [6.45, 7) is 6.86. The Morgan fingerprint density at radius 1 is 1.31 bits per heavy atom. The fourth-order valence-electron chi connectivity index (χ4n) is 3.98. The smallest absolute Gasteiger partial charge is 0.228 e. The van der Waals surface area contributed by atoms with E-state index < -0.39 is 0 Å². The van der Waals surface area contributed by atoms with Crippen LogP contribution < -0.4 is 10.6 Å². The van der Waals surface area contributed by atoms with Gasteiger partial charge in [-0.05, 0) is 48.9 Å². The van der Waals surface area contributed by atoms with Crippen molar-refractivity contribution in [3.05, 3.63) is 29.8 Å². The lowest BCUT2D eigenvalue weighted by Gasteiger charge is -2.24. The van der Waals surface area contributed by atoms with E-state index in [1.165, 1.54) is 18.4 Å². The van der Waals surface area contributed by atoms with Gasteiger partial charge < -0.3 is 15.5 Å². The van der Waals surface area contributed by atoms with Crippen molar-refractivity contribution in [2.75, 3.05) is 31.1 Å². The van der Waals surface area contributed by atoms with Crippen molar-refractivity contribution >= 4 is 17.5 Å². The van der Waals surface area contributed by atoms with Crippen LogP contribution in [-0.2, 0) is 16.0 Å². The maximum atomic E-state index is 12.9. The largest absolute Gasteiger partial charge is 0.342 e. The summed E-state index contributed by atoms with van der Waals surface area (Å²) in [4.78, 5) is 29.0. The Balaban J connectivity index is 1.62. The van der Waals surface area contributed by atoms with Crippen molar-refractivity contribution in [3.63, 3.8) is 0 Å². The first kappa shape index (κ1) is 18.9. The van der Waals surface area contributed by atoms with E-state index in [4.69, 9.17) is 5.73 Å². The quantitative estimate of drug-likeness (QED) is 0.851. The van der Waals surface area contributed by atoms with Gasteiger partial charge in [-0.25, -0.2) is 0 Å². The van der Waals surface area contributed by atoms with Gasteiger partial charge in [0.15, 0.2) is 0 Å². The van der Waals surface area contributed by atoms with Gasteiger partial charge in [-0.15, -0.1) is 0 Å². The minimum atomic E-state index is -0.234. The number of carbonyl (C=O) groups excluding carboxylic acids is 2. The van der Waals surface area contributed by atoms with Crippen LogP contribution in [0.4, 0.5) is 5.69 Å². The Morgan fingerprint density at radius 3 is 2.65 bits per heavy atom. The molecule has 2 fully saturated rings. The molecule has 2 saturated heterocycles. The highest BCUT2D eigenvalue weighted by molar-refractivity contribution is 6.00. The summed E-state index contributed by atoms with van der Waals surface area (Å²) in [5.41, 5.74) is 8.07. The normalized spacial score (nSPS) is 26.0. The van der Waals surface area contributed by atoms with E-state index >= 15 is 0 Å². The summed E-state index contributed by atoms with van der Waals surface area (Å²) < 4.78 is 0. The van der Waals surface area contributed by atoms with Crippen LogP contribution in [0.5, 0.6) is 0 Å². The number of anilines is 1. The molecule has 2 aliphatic heterocycles. The first-order valence-corrected chi connectivity index (χ1v) is 9.84. The second kappa shape index (κ2) is 7.78. The number of carbonyl (C=O) groups is 2. The van der Waals surface area contributed by atoms with E-state index in [-0.39, 0.29) is 23.1 Å². The zero-order chi connectivity index (χ0) is 18.7. The molecule has 2 N–H and O–H groups in total. The lowest BCUT2D eigenvalue weighted by molar-refractivity contribution is -0.135. The molecule has 0 saturated carbocycles. The van der Waals surface area contributed by atoms with E-state index in [9.17, 15) is 9.59 Å². The number of nitrogens with zero attached hydrogens (tertiary/aromatic N) is 2. The molecule has 5 nitrogen and oxygen atoms in total. The number of rotatable bonds is 6. The molecular formula is C21H31N3O2. The number of hydrogen-bond donors (Lipinski definition) is 1. The molecule has 0 aliphatic carbocycles. The van der Waals surface area contributed by atoms with E-state index in [2.05, 4.69) is 26.0 Å². The molecule has 5 heteroatoms. The molecule has 0 spiro atoms. The zero-order valence-corrected chi connectivity index (χ0v) is 16.0. The molecule has 2 heterocycles. The molecule has 2 atom stereocenters. The average molecular weight is 357 g/mol. The Bertz CT molecular complexity index is 658. The first-order chi connectivity index (χ1) is 12.5. The van der Waals surface area contributed by atoms with Gasteiger partial charge in [0.1, 0.15) is 0 Å². The number of unbranched alkanes of at least 4 members (excludes halogenated alkanes) is 1. The van der Waals surface area contributed by atoms with E-state index in [1.54, 1.807) is 4.90 Å². The highest BCUT2D eigenvalue weighted by atomic mass is 16.2. The maximum Gasteiger partial charge on any atom is 0.228 e. The standard InChI is InChI=1S/C21H31N3O2/c1-3-4-5-16-6-8-18(9-7-16)24-13-17(12-19(24)25)20(26)23-11-10-21(2,14-22)15-23/h6-9,17H,3-5,10-15,22H2,1-2H3. The summed E-state index contributed by atoms with van der Waals surface area (Å²) in [7, 11) is 0. The molecule has 1 aromatic rings. The number of likely N-dealkylation sites (tertiary alicyclic amines) is 1. The molecule has 1 aromatic carbocycles. The van der Waals surface area contributed by atoms with E-state index in [0.717, 1.165) is 25.1 Å². The number of benzene rings is 1. The van der Waals surface area contributed by atoms with Crippen molar-refractivity contribution in [1.82, 2.24) is 4.90 Å². The molecule has 2 aliphatic rings. The van der Waals surface area contributed by atoms with Crippen LogP contribution in [0.15, 0.2) is 24.3 Å². The zero-order valence-electron chi connectivity index (χ0n) is 16.0. The minimum Gasteiger partial charge on any atom is -0.342 e. The predicted molar refractivity (Wildman–Crippen MR) is 104 cm³/mol.